The van der Waals surface area contributed by atoms with Crippen LogP contribution in [0.3, 0.4) is 0 Å². The van der Waals surface area contributed by atoms with Gasteiger partial charge in [-0.05, 0) is 45.4 Å². The zero-order chi connectivity index (χ0) is 19.8. The van der Waals surface area contributed by atoms with Crippen LogP contribution in [0.15, 0.2) is 23.4 Å². The lowest BCUT2D eigenvalue weighted by Crippen LogP contribution is -2.38. The number of nitrogens with one attached hydrogen (secondary N) is 1. The van der Waals surface area contributed by atoms with Crippen molar-refractivity contribution in [2.24, 2.45) is 11.1 Å². The Morgan fingerprint density at radius 2 is 2.04 bits per heavy atom. The Kier molecular flexibility index (Phi) is 4.99. The minimum absolute atomic E-state index is 0.0139. The average Bonchev–Trinajstić information content (AvgIpc) is 3.12. The second kappa shape index (κ2) is 7.09. The second-order valence-corrected chi connectivity index (χ2v) is 7.76. The van der Waals surface area contributed by atoms with Crippen molar-refractivity contribution in [2.45, 2.75) is 51.4 Å². The van der Waals surface area contributed by atoms with Gasteiger partial charge in [0.1, 0.15) is 23.0 Å². The van der Waals surface area contributed by atoms with Crippen LogP contribution < -0.4 is 10.1 Å². The molecule has 2 N–H and O–H groups in total. The molecule has 0 saturated heterocycles. The molecule has 1 aliphatic heterocycles. The first-order valence-corrected chi connectivity index (χ1v) is 8.83. The summed E-state index contributed by atoms with van der Waals surface area (Å²) < 4.78 is 10.4. The van der Waals surface area contributed by atoms with E-state index in [4.69, 9.17) is 14.3 Å². The smallest absolute Gasteiger partial charge is 0.407 e. The van der Waals surface area contributed by atoms with Gasteiger partial charge in [0, 0.05) is 23.9 Å². The summed E-state index contributed by atoms with van der Waals surface area (Å²) in [6.45, 7) is 5.44. The van der Waals surface area contributed by atoms with Gasteiger partial charge in [-0.2, -0.15) is 0 Å². The van der Waals surface area contributed by atoms with Gasteiger partial charge in [0.25, 0.3) is 0 Å². The minimum atomic E-state index is -1.07. The number of ether oxygens (including phenoxy) is 2. The summed E-state index contributed by atoms with van der Waals surface area (Å²) in [6, 6.07) is 4.84. The largest absolute Gasteiger partial charge is 0.496 e. The highest BCUT2D eigenvalue weighted by molar-refractivity contribution is 6.05. The number of carboxylic acids is 1. The molecule has 27 heavy (non-hydrogen) atoms. The number of carbonyl (C=O) groups is 2. The van der Waals surface area contributed by atoms with Crippen molar-refractivity contribution in [3.63, 3.8) is 0 Å². The fourth-order valence-electron chi connectivity index (χ4n) is 3.49. The summed E-state index contributed by atoms with van der Waals surface area (Å²) in [4.78, 5) is 29.0. The van der Waals surface area contributed by atoms with Gasteiger partial charge in [-0.1, -0.05) is 5.16 Å². The van der Waals surface area contributed by atoms with Gasteiger partial charge in [0.2, 0.25) is 0 Å². The maximum atomic E-state index is 12.0. The highest BCUT2D eigenvalue weighted by Gasteiger charge is 2.44. The number of hydrogen-bond donors (Lipinski definition) is 2. The van der Waals surface area contributed by atoms with Crippen LogP contribution in [0.2, 0.25) is 0 Å². The second-order valence-electron chi connectivity index (χ2n) is 7.76. The molecule has 146 valence electrons. The zero-order valence-electron chi connectivity index (χ0n) is 15.8. The number of benzene rings is 1. The Labute approximate surface area is 157 Å². The molecular weight excluding hydrogens is 352 g/mol. The van der Waals surface area contributed by atoms with E-state index >= 15 is 0 Å². The zero-order valence-corrected chi connectivity index (χ0v) is 15.8. The molecule has 1 amide bonds. The van der Waals surface area contributed by atoms with Crippen LogP contribution >= 0.6 is 0 Å². The average molecular weight is 376 g/mol. The number of amides is 1. The maximum Gasteiger partial charge on any atom is 0.407 e. The van der Waals surface area contributed by atoms with Crippen LogP contribution in [0.5, 0.6) is 5.75 Å². The molecule has 3 unspecified atom stereocenters. The molecule has 1 heterocycles. The third-order valence-corrected chi connectivity index (χ3v) is 4.59. The van der Waals surface area contributed by atoms with Gasteiger partial charge in [0.05, 0.1) is 12.8 Å². The van der Waals surface area contributed by atoms with Crippen molar-refractivity contribution in [1.29, 1.82) is 0 Å². The fraction of sp³-hybridized carbons (Fsp3) is 0.526. The molecule has 1 saturated carbocycles. The molecular formula is C19H24N2O6. The Morgan fingerprint density at radius 3 is 2.67 bits per heavy atom. The van der Waals surface area contributed by atoms with E-state index in [2.05, 4.69) is 10.5 Å². The standard InChI is InChI=1S/C19H24N2O6/c1-19(2,3)26-18(24)20-11-8-12-15(9-11)27-21-16(12)10-5-6-14(25-4)13(7-10)17(22)23/h5-7,11-12,15H,8-9H2,1-4H3,(H,20,24)(H,22,23). The molecule has 0 aromatic heterocycles. The molecule has 0 spiro atoms. The number of rotatable bonds is 4. The van der Waals surface area contributed by atoms with E-state index in [0.29, 0.717) is 29.9 Å². The van der Waals surface area contributed by atoms with E-state index in [-0.39, 0.29) is 23.6 Å². The Hall–Kier alpha value is -2.77. The van der Waals surface area contributed by atoms with E-state index in [1.165, 1.54) is 7.11 Å². The van der Waals surface area contributed by atoms with Crippen LogP contribution in [0.25, 0.3) is 0 Å². The summed E-state index contributed by atoms with van der Waals surface area (Å²) in [5.41, 5.74) is 0.887. The van der Waals surface area contributed by atoms with Crippen molar-refractivity contribution in [1.82, 2.24) is 5.32 Å². The quantitative estimate of drug-likeness (QED) is 0.837. The molecule has 1 aromatic carbocycles. The van der Waals surface area contributed by atoms with Gasteiger partial charge in [-0.25, -0.2) is 9.59 Å². The predicted octanol–water partition coefficient (Wildman–Crippen LogP) is 2.80. The fourth-order valence-corrected chi connectivity index (χ4v) is 3.49. The lowest BCUT2D eigenvalue weighted by atomic mass is 9.93. The van der Waals surface area contributed by atoms with Crippen molar-refractivity contribution >= 4 is 17.8 Å². The van der Waals surface area contributed by atoms with E-state index in [1.807, 2.05) is 20.8 Å². The van der Waals surface area contributed by atoms with E-state index in [1.54, 1.807) is 18.2 Å². The summed E-state index contributed by atoms with van der Waals surface area (Å²) in [6.07, 6.45) is 0.676. The molecule has 8 heteroatoms. The van der Waals surface area contributed by atoms with Gasteiger partial charge in [-0.15, -0.1) is 0 Å². The number of carboxylic acid groups (broad SMARTS) is 1. The summed E-state index contributed by atoms with van der Waals surface area (Å²) in [7, 11) is 1.43. The summed E-state index contributed by atoms with van der Waals surface area (Å²) >= 11 is 0. The molecule has 1 aromatic rings. The van der Waals surface area contributed by atoms with E-state index < -0.39 is 17.7 Å². The topological polar surface area (TPSA) is 106 Å². The molecule has 1 aliphatic carbocycles. The Balaban J connectivity index is 1.71. The lowest BCUT2D eigenvalue weighted by Gasteiger charge is -2.21. The molecule has 0 radical (unpaired) electrons. The van der Waals surface area contributed by atoms with Gasteiger partial charge in [0.15, 0.2) is 0 Å². The number of carbonyl (C=O) groups excluding carboxylic acids is 1. The van der Waals surface area contributed by atoms with Gasteiger partial charge in [-0.3, -0.25) is 0 Å². The predicted molar refractivity (Wildman–Crippen MR) is 97.2 cm³/mol. The maximum absolute atomic E-state index is 12.0. The van der Waals surface area contributed by atoms with Gasteiger partial charge < -0.3 is 24.7 Å². The van der Waals surface area contributed by atoms with Crippen molar-refractivity contribution < 1.29 is 29.0 Å². The number of aromatic carboxylic acids is 1. The number of methoxy groups -OCH3 is 1. The molecule has 3 atom stereocenters. The van der Waals surface area contributed by atoms with Crippen LogP contribution in [-0.4, -0.2) is 47.7 Å². The van der Waals surface area contributed by atoms with Crippen LogP contribution in [0, 0.1) is 5.92 Å². The summed E-state index contributed by atoms with van der Waals surface area (Å²) in [5, 5.41) is 16.4. The Morgan fingerprint density at radius 1 is 1.30 bits per heavy atom. The minimum Gasteiger partial charge on any atom is -0.496 e. The van der Waals surface area contributed by atoms with Crippen molar-refractivity contribution in [3.05, 3.63) is 29.3 Å². The number of fused-ring (bicyclic) bond motifs is 1. The number of oxime groups is 1. The highest BCUT2D eigenvalue weighted by Crippen LogP contribution is 2.37. The Bertz CT molecular complexity index is 783. The third kappa shape index (κ3) is 4.15. The molecule has 8 nitrogen and oxygen atoms in total. The van der Waals surface area contributed by atoms with Crippen molar-refractivity contribution in [3.8, 4) is 5.75 Å². The first-order valence-electron chi connectivity index (χ1n) is 8.83. The van der Waals surface area contributed by atoms with Crippen LogP contribution in [0.1, 0.15) is 49.5 Å². The van der Waals surface area contributed by atoms with Crippen LogP contribution in [-0.2, 0) is 9.57 Å². The molecule has 1 fully saturated rings. The third-order valence-electron chi connectivity index (χ3n) is 4.59. The first kappa shape index (κ1) is 19.0. The molecule has 0 bridgehead atoms. The van der Waals surface area contributed by atoms with Crippen LogP contribution in [0.4, 0.5) is 4.79 Å². The lowest BCUT2D eigenvalue weighted by molar-refractivity contribution is 0.0485. The van der Waals surface area contributed by atoms with E-state index in [9.17, 15) is 14.7 Å². The monoisotopic (exact) mass is 376 g/mol. The molecule has 2 aliphatic rings. The van der Waals surface area contributed by atoms with Crippen molar-refractivity contribution in [2.75, 3.05) is 7.11 Å². The van der Waals surface area contributed by atoms with Gasteiger partial charge >= 0.3 is 12.1 Å². The highest BCUT2D eigenvalue weighted by atomic mass is 16.6. The SMILES string of the molecule is COc1ccc(C2=NOC3CC(NC(=O)OC(C)(C)C)CC23)cc1C(=O)O. The normalized spacial score (nSPS) is 23.9. The number of hydrogen-bond acceptors (Lipinski definition) is 6. The van der Waals surface area contributed by atoms with E-state index in [0.717, 1.165) is 0 Å². The summed E-state index contributed by atoms with van der Waals surface area (Å²) in [5.74, 6) is -0.793. The number of nitrogens with zero attached hydrogens (tertiary/aromatic N) is 1. The number of alkyl carbamates (subject to hydrolysis) is 1. The molecule has 3 rings (SSSR count). The first-order chi connectivity index (χ1) is 12.7.